The van der Waals surface area contributed by atoms with E-state index >= 15 is 0 Å². The van der Waals surface area contributed by atoms with Gasteiger partial charge in [0.05, 0.1) is 11.1 Å². The van der Waals surface area contributed by atoms with Crippen molar-refractivity contribution in [2.45, 2.75) is 20.4 Å². The lowest BCUT2D eigenvalue weighted by Crippen LogP contribution is -2.06. The van der Waals surface area contributed by atoms with Crippen molar-refractivity contribution in [3.05, 3.63) is 65.1 Å². The number of aromatic nitrogens is 2. The van der Waals surface area contributed by atoms with Crippen molar-refractivity contribution in [2.75, 3.05) is 0 Å². The van der Waals surface area contributed by atoms with Crippen molar-refractivity contribution in [1.82, 2.24) is 9.55 Å². The van der Waals surface area contributed by atoms with Crippen molar-refractivity contribution in [2.24, 2.45) is 0 Å². The van der Waals surface area contributed by atoms with Crippen molar-refractivity contribution in [3.8, 4) is 0 Å². The molecule has 0 aliphatic heterocycles. The topological polar surface area (TPSA) is 55.1 Å². The highest BCUT2D eigenvalue weighted by atomic mass is 16.4. The van der Waals surface area contributed by atoms with Crippen molar-refractivity contribution >= 4 is 16.9 Å². The summed E-state index contributed by atoms with van der Waals surface area (Å²) in [5.41, 5.74) is 4.13. The zero-order valence-corrected chi connectivity index (χ0v) is 12.0. The summed E-state index contributed by atoms with van der Waals surface area (Å²) in [6.45, 7) is 4.40. The highest BCUT2D eigenvalue weighted by molar-refractivity contribution is 5.89. The number of aromatic carboxylic acids is 1. The summed E-state index contributed by atoms with van der Waals surface area (Å²) in [7, 11) is 0. The fourth-order valence-corrected chi connectivity index (χ4v) is 2.73. The first-order valence-electron chi connectivity index (χ1n) is 6.80. The predicted octanol–water partition coefficient (Wildman–Crippen LogP) is 3.40. The molecule has 0 bridgehead atoms. The van der Waals surface area contributed by atoms with Gasteiger partial charge in [-0.15, -0.1) is 0 Å². The number of benzene rings is 1. The van der Waals surface area contributed by atoms with Crippen LogP contribution >= 0.6 is 0 Å². The second-order valence-electron chi connectivity index (χ2n) is 5.17. The van der Waals surface area contributed by atoms with Gasteiger partial charge >= 0.3 is 5.97 Å². The molecule has 0 unspecified atom stereocenters. The average Bonchev–Trinajstić information content (AvgIpc) is 2.76. The SMILES string of the molecule is Cc1cc(C(=O)O)c(C)n1Cc1cccc2cccnc12. The molecule has 0 amide bonds. The van der Waals surface area contributed by atoms with Crippen LogP contribution in [0.3, 0.4) is 0 Å². The van der Waals surface area contributed by atoms with Crippen LogP contribution < -0.4 is 0 Å². The minimum atomic E-state index is -0.884. The summed E-state index contributed by atoms with van der Waals surface area (Å²) in [6.07, 6.45) is 1.78. The fraction of sp³-hybridized carbons (Fsp3) is 0.176. The van der Waals surface area contributed by atoms with E-state index in [4.69, 9.17) is 0 Å². The van der Waals surface area contributed by atoms with E-state index in [-0.39, 0.29) is 0 Å². The molecule has 2 aromatic heterocycles. The summed E-state index contributed by atoms with van der Waals surface area (Å²) < 4.78 is 2.02. The van der Waals surface area contributed by atoms with Gasteiger partial charge in [-0.25, -0.2) is 4.79 Å². The molecule has 0 saturated carbocycles. The molecule has 0 spiro atoms. The molecular weight excluding hydrogens is 264 g/mol. The van der Waals surface area contributed by atoms with Crippen LogP contribution in [0.15, 0.2) is 42.6 Å². The lowest BCUT2D eigenvalue weighted by molar-refractivity contribution is 0.0696. The largest absolute Gasteiger partial charge is 0.478 e. The van der Waals surface area contributed by atoms with Crippen molar-refractivity contribution in [1.29, 1.82) is 0 Å². The molecular formula is C17H16N2O2. The molecule has 0 aliphatic rings. The van der Waals surface area contributed by atoms with Crippen LogP contribution in [0.5, 0.6) is 0 Å². The smallest absolute Gasteiger partial charge is 0.337 e. The van der Waals surface area contributed by atoms with Crippen LogP contribution in [0, 0.1) is 13.8 Å². The number of hydrogen-bond donors (Lipinski definition) is 1. The number of carboxylic acids is 1. The predicted molar refractivity (Wildman–Crippen MR) is 81.7 cm³/mol. The van der Waals surface area contributed by atoms with E-state index in [2.05, 4.69) is 4.98 Å². The lowest BCUT2D eigenvalue weighted by Gasteiger charge is -2.11. The Balaban J connectivity index is 2.09. The van der Waals surface area contributed by atoms with Gasteiger partial charge in [0.15, 0.2) is 0 Å². The second-order valence-corrected chi connectivity index (χ2v) is 5.17. The molecule has 106 valence electrons. The van der Waals surface area contributed by atoms with Gasteiger partial charge in [-0.3, -0.25) is 4.98 Å². The van der Waals surface area contributed by atoms with E-state index in [0.29, 0.717) is 12.1 Å². The maximum atomic E-state index is 11.2. The monoisotopic (exact) mass is 280 g/mol. The number of pyridine rings is 1. The molecule has 0 fully saturated rings. The molecule has 3 rings (SSSR count). The number of aryl methyl sites for hydroxylation is 1. The Morgan fingerprint density at radius 3 is 2.71 bits per heavy atom. The van der Waals surface area contributed by atoms with E-state index in [1.807, 2.05) is 48.7 Å². The number of para-hydroxylation sites is 1. The van der Waals surface area contributed by atoms with Gasteiger partial charge in [0.25, 0.3) is 0 Å². The molecule has 1 aromatic carbocycles. The Bertz CT molecular complexity index is 829. The van der Waals surface area contributed by atoms with Crippen LogP contribution in [0.1, 0.15) is 27.3 Å². The fourth-order valence-electron chi connectivity index (χ4n) is 2.73. The van der Waals surface area contributed by atoms with Gasteiger partial charge in [-0.1, -0.05) is 24.3 Å². The Hall–Kier alpha value is -2.62. The van der Waals surface area contributed by atoms with Gasteiger partial charge in [0, 0.05) is 29.5 Å². The first-order chi connectivity index (χ1) is 10.1. The van der Waals surface area contributed by atoms with Gasteiger partial charge in [0.2, 0.25) is 0 Å². The van der Waals surface area contributed by atoms with Crippen molar-refractivity contribution < 1.29 is 9.90 Å². The van der Waals surface area contributed by atoms with Crippen LogP contribution in [-0.2, 0) is 6.54 Å². The van der Waals surface area contributed by atoms with Gasteiger partial charge < -0.3 is 9.67 Å². The maximum absolute atomic E-state index is 11.2. The molecule has 0 atom stereocenters. The Kier molecular flexibility index (Phi) is 3.22. The Morgan fingerprint density at radius 2 is 2.00 bits per heavy atom. The standard InChI is InChI=1S/C17H16N2O2/c1-11-9-15(17(20)21)12(2)19(11)10-14-6-3-5-13-7-4-8-18-16(13)14/h3-9H,10H2,1-2H3,(H,20,21). The van der Waals surface area contributed by atoms with Crippen LogP contribution in [-0.4, -0.2) is 20.6 Å². The average molecular weight is 280 g/mol. The maximum Gasteiger partial charge on any atom is 0.337 e. The number of carboxylic acid groups (broad SMARTS) is 1. The zero-order chi connectivity index (χ0) is 15.0. The number of rotatable bonds is 3. The molecule has 0 aliphatic carbocycles. The third-order valence-corrected chi connectivity index (χ3v) is 3.85. The van der Waals surface area contributed by atoms with E-state index in [1.165, 1.54) is 0 Å². The summed E-state index contributed by atoms with van der Waals surface area (Å²) in [4.78, 5) is 15.7. The third kappa shape index (κ3) is 2.29. The first kappa shape index (κ1) is 13.4. The van der Waals surface area contributed by atoms with Gasteiger partial charge in [0.1, 0.15) is 0 Å². The molecule has 1 N–H and O–H groups in total. The van der Waals surface area contributed by atoms with Crippen molar-refractivity contribution in [3.63, 3.8) is 0 Å². The Morgan fingerprint density at radius 1 is 1.24 bits per heavy atom. The van der Waals surface area contributed by atoms with Crippen LogP contribution in [0.25, 0.3) is 10.9 Å². The molecule has 21 heavy (non-hydrogen) atoms. The lowest BCUT2D eigenvalue weighted by atomic mass is 10.1. The highest BCUT2D eigenvalue weighted by Gasteiger charge is 2.15. The van der Waals surface area contributed by atoms with Crippen LogP contribution in [0.4, 0.5) is 0 Å². The third-order valence-electron chi connectivity index (χ3n) is 3.85. The minimum absolute atomic E-state index is 0.362. The molecule has 4 nitrogen and oxygen atoms in total. The van der Waals surface area contributed by atoms with Gasteiger partial charge in [-0.05, 0) is 31.5 Å². The number of carbonyl (C=O) groups is 1. The number of nitrogens with zero attached hydrogens (tertiary/aromatic N) is 2. The Labute approximate surface area is 122 Å². The van der Waals surface area contributed by atoms with Gasteiger partial charge in [-0.2, -0.15) is 0 Å². The molecule has 4 heteroatoms. The number of hydrogen-bond acceptors (Lipinski definition) is 2. The summed E-state index contributed by atoms with van der Waals surface area (Å²) >= 11 is 0. The normalized spacial score (nSPS) is 11.0. The van der Waals surface area contributed by atoms with Crippen LogP contribution in [0.2, 0.25) is 0 Å². The zero-order valence-electron chi connectivity index (χ0n) is 12.0. The quantitative estimate of drug-likeness (QED) is 0.800. The summed E-state index contributed by atoms with van der Waals surface area (Å²) in [5, 5.41) is 10.3. The molecule has 3 aromatic rings. The highest BCUT2D eigenvalue weighted by Crippen LogP contribution is 2.21. The second kappa shape index (κ2) is 5.05. The van der Waals surface area contributed by atoms with E-state index in [9.17, 15) is 9.90 Å². The van der Waals surface area contributed by atoms with E-state index in [1.54, 1.807) is 12.3 Å². The molecule has 2 heterocycles. The van der Waals surface area contributed by atoms with E-state index in [0.717, 1.165) is 27.9 Å². The number of fused-ring (bicyclic) bond motifs is 1. The molecule has 0 saturated heterocycles. The first-order valence-corrected chi connectivity index (χ1v) is 6.80. The summed E-state index contributed by atoms with van der Waals surface area (Å²) in [5.74, 6) is -0.884. The minimum Gasteiger partial charge on any atom is -0.478 e. The summed E-state index contributed by atoms with van der Waals surface area (Å²) in [6, 6.07) is 11.7. The molecule has 0 radical (unpaired) electrons. The van der Waals surface area contributed by atoms with E-state index < -0.39 is 5.97 Å².